The van der Waals surface area contributed by atoms with Gasteiger partial charge in [-0.15, -0.1) is 0 Å². The predicted octanol–water partition coefficient (Wildman–Crippen LogP) is -0.0563. The Bertz CT molecular complexity index is 120. The largest absolute Gasteiger partial charge is 2.00 e. The van der Waals surface area contributed by atoms with Gasteiger partial charge in [0.25, 0.3) is 0 Å². The third kappa shape index (κ3) is 11.6. The number of rotatable bonds is 3. The molecule has 0 radical (unpaired) electrons. The Balaban J connectivity index is 0. The second-order valence-corrected chi connectivity index (χ2v) is 4.19. The van der Waals surface area contributed by atoms with Crippen molar-refractivity contribution in [1.82, 2.24) is 0 Å². The van der Waals surface area contributed by atoms with E-state index in [1.165, 1.54) is 0 Å². The molecule has 0 heterocycles. The van der Waals surface area contributed by atoms with Crippen molar-refractivity contribution in [2.75, 3.05) is 6.16 Å². The van der Waals surface area contributed by atoms with Crippen LogP contribution in [0.3, 0.4) is 0 Å². The van der Waals surface area contributed by atoms with Gasteiger partial charge < -0.3 is 14.4 Å². The van der Waals surface area contributed by atoms with Crippen LogP contribution in [0.25, 0.3) is 0 Å². The quantitative estimate of drug-likeness (QED) is 0.490. The molecule has 0 atom stereocenters. The van der Waals surface area contributed by atoms with E-state index in [-0.39, 0.29) is 25.6 Å². The summed E-state index contributed by atoms with van der Waals surface area (Å²) in [5.41, 5.74) is 0. The van der Waals surface area contributed by atoms with Crippen molar-refractivity contribution in [1.29, 1.82) is 0 Å². The van der Waals surface area contributed by atoms with Gasteiger partial charge in [-0.3, -0.25) is 0 Å². The zero-order valence-electron chi connectivity index (χ0n) is 6.37. The van der Waals surface area contributed by atoms with E-state index in [1.807, 2.05) is 13.8 Å². The Hall–Kier alpha value is 0.773. The molecule has 0 saturated heterocycles. The average molecular weight is 216 g/mol. The number of hydrogen-bond acceptors (Lipinski definition) is 3. The van der Waals surface area contributed by atoms with Crippen LogP contribution in [0.15, 0.2) is 0 Å². The van der Waals surface area contributed by atoms with Crippen molar-refractivity contribution in [3.8, 4) is 0 Å². The van der Waals surface area contributed by atoms with Crippen LogP contribution in [0.5, 0.6) is 0 Å². The van der Waals surface area contributed by atoms with Crippen molar-refractivity contribution in [3.63, 3.8) is 0 Å². The summed E-state index contributed by atoms with van der Waals surface area (Å²) >= 11 is 0. The van der Waals surface area contributed by atoms with E-state index >= 15 is 0 Å². The van der Waals surface area contributed by atoms with Gasteiger partial charge in [-0.05, 0) is 18.5 Å². The summed E-state index contributed by atoms with van der Waals surface area (Å²) in [6.45, 7) is 3.77. The fourth-order valence-electron chi connectivity index (χ4n) is 0.416. The van der Waals surface area contributed by atoms with Gasteiger partial charge in [0.1, 0.15) is 0 Å². The third-order valence-corrected chi connectivity index (χ3v) is 1.79. The Labute approximate surface area is 74.1 Å². The minimum Gasteiger partial charge on any atom is -0.811 e. The van der Waals surface area contributed by atoms with Gasteiger partial charge in [-0.1, -0.05) is 21.4 Å². The monoisotopic (exact) mass is 214 g/mol. The molecule has 0 N–H and O–H groups in total. The van der Waals surface area contributed by atoms with Gasteiger partial charge in [-0.25, -0.2) is 0 Å². The van der Waals surface area contributed by atoms with E-state index in [4.69, 9.17) is 0 Å². The first-order chi connectivity index (χ1) is 3.92. The molecule has 0 aromatic heterocycles. The Morgan fingerprint density at radius 2 is 1.80 bits per heavy atom. The fourth-order valence-corrected chi connectivity index (χ4v) is 1.25. The molecular formula is C5H11O3PZn. The minimum absolute atomic E-state index is 0. The summed E-state index contributed by atoms with van der Waals surface area (Å²) in [6.07, 6.45) is 0.273. The maximum absolute atomic E-state index is 10.0. The second-order valence-electron chi connectivity index (χ2n) is 2.52. The third-order valence-electron chi connectivity index (χ3n) is 0.980. The Morgan fingerprint density at radius 1 is 1.40 bits per heavy atom. The molecule has 0 unspecified atom stereocenters. The van der Waals surface area contributed by atoms with E-state index in [2.05, 4.69) is 0 Å². The van der Waals surface area contributed by atoms with Gasteiger partial charge in [0, 0.05) is 0 Å². The average Bonchev–Trinajstić information content (AvgIpc) is 1.59. The molecule has 0 aliphatic heterocycles. The van der Waals surface area contributed by atoms with Crippen LogP contribution in [0, 0.1) is 5.92 Å². The van der Waals surface area contributed by atoms with Crippen molar-refractivity contribution in [2.45, 2.75) is 20.3 Å². The van der Waals surface area contributed by atoms with Gasteiger partial charge >= 0.3 is 19.5 Å². The summed E-state index contributed by atoms with van der Waals surface area (Å²) < 4.78 is 10.0. The first kappa shape index (κ1) is 13.4. The maximum atomic E-state index is 10.0. The molecule has 56 valence electrons. The van der Waals surface area contributed by atoms with Crippen molar-refractivity contribution in [2.24, 2.45) is 5.92 Å². The number of hydrogen-bond donors (Lipinski definition) is 0. The van der Waals surface area contributed by atoms with Crippen molar-refractivity contribution >= 4 is 7.60 Å². The maximum Gasteiger partial charge on any atom is 2.00 e. The van der Waals surface area contributed by atoms with Crippen molar-refractivity contribution in [3.05, 3.63) is 0 Å². The minimum atomic E-state index is -4.22. The van der Waals surface area contributed by atoms with Gasteiger partial charge in [-0.2, -0.15) is 0 Å². The van der Waals surface area contributed by atoms with Crippen LogP contribution in [-0.4, -0.2) is 6.16 Å². The van der Waals surface area contributed by atoms with E-state index in [1.54, 1.807) is 0 Å². The van der Waals surface area contributed by atoms with Crippen LogP contribution in [0.4, 0.5) is 0 Å². The molecule has 0 aromatic rings. The zero-order valence-corrected chi connectivity index (χ0v) is 10.2. The van der Waals surface area contributed by atoms with Crippen LogP contribution >= 0.6 is 7.60 Å². The zero-order chi connectivity index (χ0) is 7.49. The molecule has 10 heavy (non-hydrogen) atoms. The summed E-state index contributed by atoms with van der Waals surface area (Å²) in [4.78, 5) is 20.0. The van der Waals surface area contributed by atoms with Gasteiger partial charge in [0.2, 0.25) is 0 Å². The molecule has 0 aliphatic carbocycles. The smallest absolute Gasteiger partial charge is 0.811 e. The molecule has 0 spiro atoms. The van der Waals surface area contributed by atoms with E-state index in [0.29, 0.717) is 12.3 Å². The molecule has 0 bridgehead atoms. The van der Waals surface area contributed by atoms with Crippen LogP contribution in [0.1, 0.15) is 20.3 Å². The van der Waals surface area contributed by atoms with E-state index in [0.717, 1.165) is 0 Å². The SMILES string of the molecule is CC(C)CCP(=O)([O-])[O-].[Zn+2]. The predicted molar refractivity (Wildman–Crippen MR) is 31.9 cm³/mol. The summed E-state index contributed by atoms with van der Waals surface area (Å²) in [5, 5.41) is 0. The van der Waals surface area contributed by atoms with Crippen molar-refractivity contribution < 1.29 is 33.8 Å². The topological polar surface area (TPSA) is 63.2 Å². The molecular weight excluding hydrogens is 204 g/mol. The molecule has 5 heteroatoms. The van der Waals surface area contributed by atoms with Crippen LogP contribution in [-0.2, 0) is 24.0 Å². The van der Waals surface area contributed by atoms with Gasteiger partial charge in [0.15, 0.2) is 0 Å². The molecule has 0 saturated carbocycles. The Morgan fingerprint density at radius 3 is 1.90 bits per heavy atom. The standard InChI is InChI=1S/C5H13O3P.Zn/c1-5(2)3-4-9(6,7)8;/h5H,3-4H2,1-2H3,(H2,6,7,8);/q;+2/p-2. The van der Waals surface area contributed by atoms with Crippen LogP contribution in [0.2, 0.25) is 0 Å². The second kappa shape index (κ2) is 5.43. The molecule has 0 aliphatic rings. The molecule has 0 amide bonds. The molecule has 3 nitrogen and oxygen atoms in total. The molecule has 0 rings (SSSR count). The first-order valence-corrected chi connectivity index (χ1v) is 4.65. The molecule has 0 fully saturated rings. The normalized spacial score (nSPS) is 11.3. The summed E-state index contributed by atoms with van der Waals surface area (Å²) in [6, 6.07) is 0. The summed E-state index contributed by atoms with van der Waals surface area (Å²) in [7, 11) is -4.22. The first-order valence-electron chi connectivity index (χ1n) is 2.93. The van der Waals surface area contributed by atoms with E-state index in [9.17, 15) is 14.4 Å². The molecule has 0 aromatic carbocycles. The summed E-state index contributed by atoms with van der Waals surface area (Å²) in [5.74, 6) is 0.293. The van der Waals surface area contributed by atoms with E-state index < -0.39 is 7.60 Å². The van der Waals surface area contributed by atoms with Crippen LogP contribution < -0.4 is 9.79 Å². The fraction of sp³-hybridized carbons (Fsp3) is 1.00. The van der Waals surface area contributed by atoms with Gasteiger partial charge in [0.05, 0.1) is 0 Å². The Kier molecular flexibility index (Phi) is 7.26.